The molecule has 5 nitrogen and oxygen atoms in total. The largest absolute Gasteiger partial charge is 0.284 e. The van der Waals surface area contributed by atoms with Crippen LogP contribution in [-0.4, -0.2) is 39.9 Å². The van der Waals surface area contributed by atoms with Gasteiger partial charge in [-0.15, -0.1) is 0 Å². The Morgan fingerprint density at radius 2 is 1.85 bits per heavy atom. The van der Waals surface area contributed by atoms with Crippen molar-refractivity contribution in [2.45, 2.75) is 12.8 Å². The molecule has 0 saturated carbocycles. The highest BCUT2D eigenvalue weighted by atomic mass is 79.9. The van der Waals surface area contributed by atoms with E-state index in [9.17, 15) is 16.8 Å². The van der Waals surface area contributed by atoms with Crippen molar-refractivity contribution in [1.82, 2.24) is 0 Å². The van der Waals surface area contributed by atoms with Crippen molar-refractivity contribution < 1.29 is 16.8 Å². The van der Waals surface area contributed by atoms with Gasteiger partial charge in [0.05, 0.1) is 11.5 Å². The molecule has 1 N–H and O–H groups in total. The Labute approximate surface area is 128 Å². The summed E-state index contributed by atoms with van der Waals surface area (Å²) in [6, 6.07) is 7.12. The van der Waals surface area contributed by atoms with Crippen molar-refractivity contribution >= 4 is 41.5 Å². The molecule has 8 heteroatoms. The van der Waals surface area contributed by atoms with Gasteiger partial charge in [0.1, 0.15) is 9.84 Å². The van der Waals surface area contributed by atoms with Crippen LogP contribution in [0.3, 0.4) is 0 Å². The molecule has 0 aliphatic heterocycles. The number of sulfone groups is 1. The molecule has 0 radical (unpaired) electrons. The van der Waals surface area contributed by atoms with Crippen molar-refractivity contribution in [3.05, 3.63) is 29.8 Å². The smallest absolute Gasteiger partial charge is 0.233 e. The van der Waals surface area contributed by atoms with E-state index in [0.29, 0.717) is 5.69 Å². The lowest BCUT2D eigenvalue weighted by Gasteiger charge is -2.09. The molecule has 0 aliphatic rings. The molecule has 1 rings (SSSR count). The van der Waals surface area contributed by atoms with Crippen molar-refractivity contribution in [3.8, 4) is 0 Å². The number of hydrogen-bond donors (Lipinski definition) is 1. The van der Waals surface area contributed by atoms with Gasteiger partial charge in [0, 0.05) is 17.3 Å². The average molecular weight is 384 g/mol. The molecule has 0 aliphatic carbocycles. The zero-order valence-electron chi connectivity index (χ0n) is 11.2. The Hall–Kier alpha value is -0.600. The van der Waals surface area contributed by atoms with Gasteiger partial charge in [-0.1, -0.05) is 28.1 Å². The van der Waals surface area contributed by atoms with E-state index in [2.05, 4.69) is 20.7 Å². The number of aryl methyl sites for hydroxylation is 1. The summed E-state index contributed by atoms with van der Waals surface area (Å²) in [5.74, 6) is -0.816. The van der Waals surface area contributed by atoms with Crippen LogP contribution in [0, 0.1) is 0 Å². The zero-order chi connectivity index (χ0) is 15.2. The van der Waals surface area contributed by atoms with Crippen LogP contribution in [0.5, 0.6) is 0 Å². The summed E-state index contributed by atoms with van der Waals surface area (Å²) in [5, 5.41) is 0.886. The normalized spacial score (nSPS) is 12.3. The van der Waals surface area contributed by atoms with Crippen LogP contribution in [0.2, 0.25) is 0 Å². The summed E-state index contributed by atoms with van der Waals surface area (Å²) in [6.07, 6.45) is 2.83. The summed E-state index contributed by atoms with van der Waals surface area (Å²) in [7, 11) is -6.94. The Balaban J connectivity index is 2.72. The molecule has 0 amide bonds. The first-order valence-corrected chi connectivity index (χ1v) is 10.9. The first kappa shape index (κ1) is 17.5. The molecule has 20 heavy (non-hydrogen) atoms. The van der Waals surface area contributed by atoms with Gasteiger partial charge < -0.3 is 0 Å². The van der Waals surface area contributed by atoms with Crippen LogP contribution >= 0.6 is 15.9 Å². The number of sulfonamides is 1. The van der Waals surface area contributed by atoms with Gasteiger partial charge in [-0.3, -0.25) is 4.72 Å². The van der Waals surface area contributed by atoms with Crippen LogP contribution < -0.4 is 4.72 Å². The Kier molecular flexibility index (Phi) is 6.47. The van der Waals surface area contributed by atoms with Crippen molar-refractivity contribution in [3.63, 3.8) is 0 Å². The number of halogens is 1. The van der Waals surface area contributed by atoms with Crippen LogP contribution in [0.25, 0.3) is 0 Å². The first-order valence-electron chi connectivity index (χ1n) is 6.05. The predicted molar refractivity (Wildman–Crippen MR) is 85.7 cm³/mol. The number of benzene rings is 1. The topological polar surface area (TPSA) is 80.3 Å². The highest BCUT2D eigenvalue weighted by molar-refractivity contribution is 9.09. The third kappa shape index (κ3) is 7.25. The second-order valence-electron chi connectivity index (χ2n) is 4.54. The zero-order valence-corrected chi connectivity index (χ0v) is 14.4. The van der Waals surface area contributed by atoms with Crippen LogP contribution in [0.4, 0.5) is 5.69 Å². The fourth-order valence-electron chi connectivity index (χ4n) is 1.55. The molecule has 0 heterocycles. The average Bonchev–Trinajstić information content (AvgIpc) is 2.33. The maximum atomic E-state index is 11.8. The van der Waals surface area contributed by atoms with E-state index in [1.165, 1.54) is 0 Å². The monoisotopic (exact) mass is 383 g/mol. The van der Waals surface area contributed by atoms with Gasteiger partial charge in [-0.05, 0) is 30.5 Å². The maximum absolute atomic E-state index is 11.8. The van der Waals surface area contributed by atoms with Crippen molar-refractivity contribution in [2.24, 2.45) is 0 Å². The number of rotatable bonds is 8. The fraction of sp³-hybridized carbons (Fsp3) is 0.500. The molecular weight excluding hydrogens is 366 g/mol. The molecule has 1 aromatic carbocycles. The van der Waals surface area contributed by atoms with E-state index in [1.54, 1.807) is 18.2 Å². The Morgan fingerprint density at radius 3 is 2.45 bits per heavy atom. The lowest BCUT2D eigenvalue weighted by Crippen LogP contribution is -2.22. The SMILES string of the molecule is CS(=O)(=O)CCS(=O)(=O)Nc1cccc(CCCBr)c1. The molecule has 114 valence electrons. The van der Waals surface area contributed by atoms with Gasteiger partial charge in [-0.2, -0.15) is 0 Å². The van der Waals surface area contributed by atoms with E-state index in [0.717, 1.165) is 30.0 Å². The molecule has 0 saturated heterocycles. The van der Waals surface area contributed by atoms with E-state index >= 15 is 0 Å². The standard InChI is InChI=1S/C12H18BrNO4S2/c1-19(15,16)8-9-20(17,18)14-12-6-2-4-11(10-12)5-3-7-13/h2,4,6,10,14H,3,5,7-9H2,1H3. The van der Waals surface area contributed by atoms with Crippen LogP contribution in [0.1, 0.15) is 12.0 Å². The minimum atomic E-state index is -3.64. The highest BCUT2D eigenvalue weighted by Crippen LogP contribution is 2.14. The number of alkyl halides is 1. The summed E-state index contributed by atoms with van der Waals surface area (Å²) in [5.41, 5.74) is 1.50. The van der Waals surface area contributed by atoms with E-state index in [-0.39, 0.29) is 5.75 Å². The molecule has 0 atom stereocenters. The molecule has 0 fully saturated rings. The quantitative estimate of drug-likeness (QED) is 0.693. The maximum Gasteiger partial charge on any atom is 0.233 e. The third-order valence-corrected chi connectivity index (χ3v) is 5.58. The fourth-order valence-corrected chi connectivity index (χ4v) is 4.51. The van der Waals surface area contributed by atoms with Gasteiger partial charge in [0.25, 0.3) is 0 Å². The van der Waals surface area contributed by atoms with Gasteiger partial charge in [-0.25, -0.2) is 16.8 Å². The third-order valence-electron chi connectivity index (χ3n) is 2.52. The van der Waals surface area contributed by atoms with Crippen molar-refractivity contribution in [2.75, 3.05) is 27.8 Å². The van der Waals surface area contributed by atoms with E-state index < -0.39 is 25.6 Å². The number of hydrogen-bond acceptors (Lipinski definition) is 4. The summed E-state index contributed by atoms with van der Waals surface area (Å²) < 4.78 is 48.0. The van der Waals surface area contributed by atoms with Gasteiger partial charge in [0.2, 0.25) is 10.0 Å². The molecule has 0 aromatic heterocycles. The Bertz CT molecular complexity index is 641. The minimum absolute atomic E-state index is 0.383. The highest BCUT2D eigenvalue weighted by Gasteiger charge is 2.14. The Morgan fingerprint density at radius 1 is 1.15 bits per heavy atom. The molecule has 0 bridgehead atoms. The minimum Gasteiger partial charge on any atom is -0.284 e. The molecule has 0 spiro atoms. The van der Waals surface area contributed by atoms with Gasteiger partial charge >= 0.3 is 0 Å². The summed E-state index contributed by atoms with van der Waals surface area (Å²) >= 11 is 3.34. The summed E-state index contributed by atoms with van der Waals surface area (Å²) in [6.45, 7) is 0. The van der Waals surface area contributed by atoms with Crippen LogP contribution in [-0.2, 0) is 26.3 Å². The van der Waals surface area contributed by atoms with E-state index in [1.807, 2.05) is 6.07 Å². The number of nitrogens with one attached hydrogen (secondary N) is 1. The second kappa shape index (κ2) is 7.42. The molecule has 1 aromatic rings. The summed E-state index contributed by atoms with van der Waals surface area (Å²) in [4.78, 5) is 0. The second-order valence-corrected chi connectivity index (χ2v) is 9.44. The molecule has 0 unspecified atom stereocenters. The van der Waals surface area contributed by atoms with Crippen LogP contribution in [0.15, 0.2) is 24.3 Å². The lowest BCUT2D eigenvalue weighted by molar-refractivity contribution is 0.593. The van der Waals surface area contributed by atoms with Gasteiger partial charge in [0.15, 0.2) is 0 Å². The number of anilines is 1. The van der Waals surface area contributed by atoms with Crippen molar-refractivity contribution in [1.29, 1.82) is 0 Å². The first-order chi connectivity index (χ1) is 9.22. The molecular formula is C12H18BrNO4S2. The predicted octanol–water partition coefficient (Wildman–Crippen LogP) is 1.80. The van der Waals surface area contributed by atoms with E-state index in [4.69, 9.17) is 0 Å². The lowest BCUT2D eigenvalue weighted by atomic mass is 10.1.